The number of fused-ring (bicyclic) bond motifs is 1. The molecule has 0 saturated heterocycles. The minimum absolute atomic E-state index is 0.342. The number of amides is 1. The summed E-state index contributed by atoms with van der Waals surface area (Å²) < 4.78 is 0. The first kappa shape index (κ1) is 13.9. The van der Waals surface area contributed by atoms with Gasteiger partial charge >= 0.3 is 5.97 Å². The molecule has 1 unspecified atom stereocenters. The van der Waals surface area contributed by atoms with E-state index in [4.69, 9.17) is 11.6 Å². The van der Waals surface area contributed by atoms with E-state index in [0.29, 0.717) is 23.1 Å². The molecule has 1 aromatic heterocycles. The highest BCUT2D eigenvalue weighted by Crippen LogP contribution is 2.33. The maximum Gasteiger partial charge on any atom is 0.326 e. The van der Waals surface area contributed by atoms with Gasteiger partial charge in [0.1, 0.15) is 11.7 Å². The number of H-pyrrole nitrogens is 1. The van der Waals surface area contributed by atoms with Gasteiger partial charge in [0, 0.05) is 15.9 Å². The third-order valence-corrected chi connectivity index (χ3v) is 3.93. The molecule has 110 valence electrons. The molecule has 3 rings (SSSR count). The summed E-state index contributed by atoms with van der Waals surface area (Å²) in [5.74, 6) is -0.974. The monoisotopic (exact) mass is 306 g/mol. The van der Waals surface area contributed by atoms with Crippen molar-refractivity contribution in [1.82, 2.24) is 10.3 Å². The molecule has 1 aliphatic carbocycles. The molecule has 3 N–H and O–H groups in total. The molecule has 0 aliphatic heterocycles. The first-order valence-corrected chi connectivity index (χ1v) is 7.22. The zero-order valence-corrected chi connectivity index (χ0v) is 12.0. The summed E-state index contributed by atoms with van der Waals surface area (Å²) >= 11 is 5.90. The molecule has 6 heteroatoms. The molecule has 1 aliphatic rings. The maximum absolute atomic E-state index is 12.2. The second-order valence-corrected chi connectivity index (χ2v) is 5.89. The summed E-state index contributed by atoms with van der Waals surface area (Å²) in [5.41, 5.74) is 1.09. The van der Waals surface area contributed by atoms with Crippen LogP contribution >= 0.6 is 11.6 Å². The fraction of sp³-hybridized carbons (Fsp3) is 0.333. The number of nitrogens with one attached hydrogen (secondary N) is 2. The topological polar surface area (TPSA) is 82.2 Å². The van der Waals surface area contributed by atoms with Crippen LogP contribution in [0.3, 0.4) is 0 Å². The Balaban J connectivity index is 1.77. The van der Waals surface area contributed by atoms with E-state index in [9.17, 15) is 14.7 Å². The lowest BCUT2D eigenvalue weighted by Gasteiger charge is -2.13. The van der Waals surface area contributed by atoms with E-state index in [-0.39, 0.29) is 0 Å². The minimum atomic E-state index is -0.991. The van der Waals surface area contributed by atoms with E-state index in [0.717, 1.165) is 23.7 Å². The summed E-state index contributed by atoms with van der Waals surface area (Å²) in [6.45, 7) is 0. The predicted octanol–water partition coefficient (Wildman–Crippen LogP) is 2.80. The first-order valence-electron chi connectivity index (χ1n) is 6.85. The molecule has 1 heterocycles. The Labute approximate surface area is 126 Å². The molecule has 0 spiro atoms. The lowest BCUT2D eigenvalue weighted by atomic mass is 10.1. The van der Waals surface area contributed by atoms with E-state index in [1.165, 1.54) is 0 Å². The van der Waals surface area contributed by atoms with Crippen LogP contribution in [0.25, 0.3) is 10.9 Å². The number of carboxylic acids is 1. The van der Waals surface area contributed by atoms with Gasteiger partial charge in [-0.2, -0.15) is 0 Å². The zero-order valence-electron chi connectivity index (χ0n) is 11.2. The van der Waals surface area contributed by atoms with Gasteiger partial charge in [0.05, 0.1) is 0 Å². The number of aromatic amines is 1. The van der Waals surface area contributed by atoms with Crippen LogP contribution in [0.5, 0.6) is 0 Å². The Bertz CT molecular complexity index is 706. The third-order valence-electron chi connectivity index (χ3n) is 3.70. The molecule has 1 aromatic carbocycles. The molecular weight excluding hydrogens is 292 g/mol. The number of carboxylic acid groups (broad SMARTS) is 1. The van der Waals surface area contributed by atoms with Crippen molar-refractivity contribution in [2.45, 2.75) is 25.3 Å². The summed E-state index contributed by atoms with van der Waals surface area (Å²) in [4.78, 5) is 26.3. The van der Waals surface area contributed by atoms with Crippen LogP contribution in [0.4, 0.5) is 0 Å². The van der Waals surface area contributed by atoms with Crippen molar-refractivity contribution in [2.24, 2.45) is 5.92 Å². The summed E-state index contributed by atoms with van der Waals surface area (Å²) in [5, 5.41) is 13.2. The van der Waals surface area contributed by atoms with Crippen LogP contribution in [-0.4, -0.2) is 28.0 Å². The van der Waals surface area contributed by atoms with Crippen molar-refractivity contribution in [3.8, 4) is 0 Å². The molecular formula is C15H15ClN2O3. The Morgan fingerprint density at radius 1 is 1.38 bits per heavy atom. The van der Waals surface area contributed by atoms with E-state index in [1.54, 1.807) is 18.2 Å². The highest BCUT2D eigenvalue weighted by molar-refractivity contribution is 6.31. The number of rotatable bonds is 5. The fourth-order valence-corrected chi connectivity index (χ4v) is 2.54. The summed E-state index contributed by atoms with van der Waals surface area (Å²) in [6, 6.07) is 6.14. The second-order valence-electron chi connectivity index (χ2n) is 5.46. The number of aromatic nitrogens is 1. The third kappa shape index (κ3) is 3.19. The minimum Gasteiger partial charge on any atom is -0.480 e. The number of carbonyl (C=O) groups is 2. The van der Waals surface area contributed by atoms with Crippen molar-refractivity contribution >= 4 is 34.4 Å². The van der Waals surface area contributed by atoms with Crippen molar-refractivity contribution in [3.63, 3.8) is 0 Å². The Hall–Kier alpha value is -2.01. The standard InChI is InChI=1S/C15H15ClN2O3/c16-10-4-3-9-6-12(17-11(9)7-10)14(19)18-13(15(20)21)5-8-1-2-8/h3-4,6-8,13,17H,1-2,5H2,(H,18,19)(H,20,21). The molecule has 1 fully saturated rings. The fourth-order valence-electron chi connectivity index (χ4n) is 2.37. The molecule has 1 amide bonds. The Kier molecular flexibility index (Phi) is 3.59. The number of carbonyl (C=O) groups excluding carboxylic acids is 1. The lowest BCUT2D eigenvalue weighted by molar-refractivity contribution is -0.139. The van der Waals surface area contributed by atoms with Crippen LogP contribution in [0, 0.1) is 5.92 Å². The molecule has 5 nitrogen and oxygen atoms in total. The normalized spacial score (nSPS) is 15.9. The summed E-state index contributed by atoms with van der Waals surface area (Å²) in [6.07, 6.45) is 2.59. The largest absolute Gasteiger partial charge is 0.480 e. The van der Waals surface area contributed by atoms with Gasteiger partial charge in [0.2, 0.25) is 0 Å². The molecule has 2 aromatic rings. The number of hydrogen-bond donors (Lipinski definition) is 3. The average Bonchev–Trinajstić information content (AvgIpc) is 3.14. The predicted molar refractivity (Wildman–Crippen MR) is 79.5 cm³/mol. The number of hydrogen-bond acceptors (Lipinski definition) is 2. The van der Waals surface area contributed by atoms with Gasteiger partial charge in [0.25, 0.3) is 5.91 Å². The average molecular weight is 307 g/mol. The first-order chi connectivity index (χ1) is 10.0. The van der Waals surface area contributed by atoms with Crippen molar-refractivity contribution in [3.05, 3.63) is 35.0 Å². The quantitative estimate of drug-likeness (QED) is 0.794. The highest BCUT2D eigenvalue weighted by atomic mass is 35.5. The maximum atomic E-state index is 12.2. The van der Waals surface area contributed by atoms with E-state index >= 15 is 0 Å². The van der Waals surface area contributed by atoms with Gasteiger partial charge in [-0.05, 0) is 30.5 Å². The number of aliphatic carboxylic acids is 1. The van der Waals surface area contributed by atoms with Gasteiger partial charge in [-0.3, -0.25) is 4.79 Å². The molecule has 1 atom stereocenters. The summed E-state index contributed by atoms with van der Waals surface area (Å²) in [7, 11) is 0. The van der Waals surface area contributed by atoms with E-state index < -0.39 is 17.9 Å². The van der Waals surface area contributed by atoms with Gasteiger partial charge < -0.3 is 15.4 Å². The van der Waals surface area contributed by atoms with Gasteiger partial charge in [-0.25, -0.2) is 4.79 Å². The van der Waals surface area contributed by atoms with Gasteiger partial charge in [-0.15, -0.1) is 0 Å². The van der Waals surface area contributed by atoms with E-state index in [1.807, 2.05) is 6.07 Å². The van der Waals surface area contributed by atoms with Gasteiger partial charge in [0.15, 0.2) is 0 Å². The van der Waals surface area contributed by atoms with Crippen molar-refractivity contribution in [1.29, 1.82) is 0 Å². The smallest absolute Gasteiger partial charge is 0.326 e. The van der Waals surface area contributed by atoms with Crippen LogP contribution in [-0.2, 0) is 4.79 Å². The molecule has 0 radical (unpaired) electrons. The van der Waals surface area contributed by atoms with Gasteiger partial charge in [-0.1, -0.05) is 30.5 Å². The van der Waals surface area contributed by atoms with E-state index in [2.05, 4.69) is 10.3 Å². The van der Waals surface area contributed by atoms with Crippen molar-refractivity contribution < 1.29 is 14.7 Å². The van der Waals surface area contributed by atoms with Crippen LogP contribution in [0.15, 0.2) is 24.3 Å². The number of halogens is 1. The second kappa shape index (κ2) is 5.41. The Morgan fingerprint density at radius 2 is 2.14 bits per heavy atom. The molecule has 0 bridgehead atoms. The van der Waals surface area contributed by atoms with Crippen LogP contribution in [0.1, 0.15) is 29.8 Å². The molecule has 21 heavy (non-hydrogen) atoms. The number of benzene rings is 1. The highest BCUT2D eigenvalue weighted by Gasteiger charge is 2.30. The SMILES string of the molecule is O=C(NC(CC1CC1)C(=O)O)c1cc2ccc(Cl)cc2[nH]1. The van der Waals surface area contributed by atoms with Crippen molar-refractivity contribution in [2.75, 3.05) is 0 Å². The van der Waals surface area contributed by atoms with Crippen LogP contribution < -0.4 is 5.32 Å². The lowest BCUT2D eigenvalue weighted by Crippen LogP contribution is -2.41. The Morgan fingerprint density at radius 3 is 2.81 bits per heavy atom. The molecule has 1 saturated carbocycles. The van der Waals surface area contributed by atoms with Crippen LogP contribution in [0.2, 0.25) is 5.02 Å². The zero-order chi connectivity index (χ0) is 15.0.